The molecule has 4 rings (SSSR count). The van der Waals surface area contributed by atoms with Crippen LogP contribution in [0, 0.1) is 5.92 Å². The average molecular weight is 342 g/mol. The molecule has 0 N–H and O–H groups in total. The van der Waals surface area contributed by atoms with Crippen molar-refractivity contribution in [1.29, 1.82) is 0 Å². The van der Waals surface area contributed by atoms with Gasteiger partial charge < -0.3 is 9.64 Å². The number of rotatable bonds is 4. The zero-order chi connectivity index (χ0) is 17.1. The number of hydrogen-bond donors (Lipinski definition) is 0. The highest BCUT2D eigenvalue weighted by Gasteiger charge is 2.41. The first-order valence-electron chi connectivity index (χ1n) is 9.99. The summed E-state index contributed by atoms with van der Waals surface area (Å²) in [5.74, 6) is 0.451. The lowest BCUT2D eigenvalue weighted by molar-refractivity contribution is -0.141. The molecular formula is C21H30N2O2. The zero-order valence-electron chi connectivity index (χ0n) is 15.1. The van der Waals surface area contributed by atoms with E-state index >= 15 is 0 Å². The normalized spacial score (nSPS) is 30.7. The van der Waals surface area contributed by atoms with Crippen molar-refractivity contribution in [1.82, 2.24) is 9.80 Å². The van der Waals surface area contributed by atoms with Crippen LogP contribution in [0.3, 0.4) is 0 Å². The molecular weight excluding hydrogens is 312 g/mol. The van der Waals surface area contributed by atoms with Crippen molar-refractivity contribution in [2.75, 3.05) is 26.3 Å². The third kappa shape index (κ3) is 3.75. The number of ether oxygens (including phenoxy) is 1. The zero-order valence-corrected chi connectivity index (χ0v) is 15.1. The van der Waals surface area contributed by atoms with Crippen LogP contribution in [0.1, 0.15) is 44.1 Å². The second kappa shape index (κ2) is 7.88. The predicted octanol–water partition coefficient (Wildman–Crippen LogP) is 3.07. The van der Waals surface area contributed by atoms with Crippen LogP contribution in [0.15, 0.2) is 30.3 Å². The number of benzene rings is 1. The van der Waals surface area contributed by atoms with E-state index < -0.39 is 0 Å². The number of likely N-dealkylation sites (tertiary alicyclic amines) is 2. The molecule has 1 amide bonds. The Morgan fingerprint density at radius 3 is 2.60 bits per heavy atom. The molecule has 0 spiro atoms. The van der Waals surface area contributed by atoms with E-state index in [2.05, 4.69) is 40.1 Å². The van der Waals surface area contributed by atoms with Gasteiger partial charge in [-0.2, -0.15) is 0 Å². The van der Waals surface area contributed by atoms with Gasteiger partial charge in [0.2, 0.25) is 5.91 Å². The molecule has 4 nitrogen and oxygen atoms in total. The van der Waals surface area contributed by atoms with Crippen molar-refractivity contribution < 1.29 is 9.53 Å². The molecule has 0 aliphatic carbocycles. The Labute approximate surface area is 151 Å². The first kappa shape index (κ1) is 17.0. The van der Waals surface area contributed by atoms with E-state index in [1.165, 1.54) is 18.4 Å². The fourth-order valence-corrected chi connectivity index (χ4v) is 4.94. The predicted molar refractivity (Wildman–Crippen MR) is 98.2 cm³/mol. The van der Waals surface area contributed by atoms with E-state index in [4.69, 9.17) is 4.74 Å². The summed E-state index contributed by atoms with van der Waals surface area (Å²) in [5, 5.41) is 0. The number of hydrogen-bond acceptors (Lipinski definition) is 3. The van der Waals surface area contributed by atoms with E-state index in [0.29, 0.717) is 24.6 Å². The third-order valence-electron chi connectivity index (χ3n) is 6.18. The van der Waals surface area contributed by atoms with Crippen molar-refractivity contribution in [3.63, 3.8) is 0 Å². The van der Waals surface area contributed by atoms with Crippen LogP contribution in [-0.4, -0.2) is 54.1 Å². The summed E-state index contributed by atoms with van der Waals surface area (Å²) in [6.45, 7) is 4.55. The van der Waals surface area contributed by atoms with Crippen molar-refractivity contribution in [3.05, 3.63) is 35.9 Å². The quantitative estimate of drug-likeness (QED) is 0.843. The van der Waals surface area contributed by atoms with Gasteiger partial charge in [0.1, 0.15) is 0 Å². The highest BCUT2D eigenvalue weighted by molar-refractivity contribution is 5.79. The van der Waals surface area contributed by atoms with Gasteiger partial charge in [0.05, 0.1) is 12.5 Å². The van der Waals surface area contributed by atoms with E-state index in [0.717, 1.165) is 51.9 Å². The van der Waals surface area contributed by atoms with Crippen LogP contribution >= 0.6 is 0 Å². The summed E-state index contributed by atoms with van der Waals surface area (Å²) >= 11 is 0. The molecule has 3 fully saturated rings. The first-order chi connectivity index (χ1) is 12.3. The number of amides is 1. The first-order valence-corrected chi connectivity index (χ1v) is 9.99. The minimum absolute atomic E-state index is 0.0957. The Balaban J connectivity index is 1.44. The molecule has 25 heavy (non-hydrogen) atoms. The molecule has 3 unspecified atom stereocenters. The Bertz CT molecular complexity index is 571. The van der Waals surface area contributed by atoms with Crippen molar-refractivity contribution in [2.24, 2.45) is 5.92 Å². The summed E-state index contributed by atoms with van der Waals surface area (Å²) < 4.78 is 5.57. The lowest BCUT2D eigenvalue weighted by Crippen LogP contribution is -2.50. The van der Waals surface area contributed by atoms with Gasteiger partial charge in [-0.25, -0.2) is 0 Å². The Kier molecular flexibility index (Phi) is 5.37. The lowest BCUT2D eigenvalue weighted by Gasteiger charge is -2.37. The van der Waals surface area contributed by atoms with Crippen molar-refractivity contribution in [3.8, 4) is 0 Å². The number of carbonyl (C=O) groups is 1. The number of carbonyl (C=O) groups excluding carboxylic acids is 1. The molecule has 3 saturated heterocycles. The molecule has 0 aromatic heterocycles. The lowest BCUT2D eigenvalue weighted by atomic mass is 9.98. The number of nitrogens with zero attached hydrogens (tertiary/aromatic N) is 2. The maximum absolute atomic E-state index is 13.1. The fraction of sp³-hybridized carbons (Fsp3) is 0.667. The summed E-state index contributed by atoms with van der Waals surface area (Å²) in [6, 6.07) is 11.7. The molecule has 1 aromatic rings. The molecule has 0 saturated carbocycles. The molecule has 3 atom stereocenters. The van der Waals surface area contributed by atoms with Crippen LogP contribution in [0.2, 0.25) is 0 Å². The summed E-state index contributed by atoms with van der Waals surface area (Å²) in [6.07, 6.45) is 6.82. The van der Waals surface area contributed by atoms with Crippen LogP contribution in [0.4, 0.5) is 0 Å². The van der Waals surface area contributed by atoms with Gasteiger partial charge in [-0.3, -0.25) is 9.69 Å². The van der Waals surface area contributed by atoms with Crippen LogP contribution in [-0.2, 0) is 16.1 Å². The summed E-state index contributed by atoms with van der Waals surface area (Å²) in [4.78, 5) is 17.9. The molecule has 0 radical (unpaired) electrons. The minimum Gasteiger partial charge on any atom is -0.381 e. The Morgan fingerprint density at radius 2 is 1.80 bits per heavy atom. The van der Waals surface area contributed by atoms with Gasteiger partial charge in [0, 0.05) is 31.8 Å². The van der Waals surface area contributed by atoms with Crippen LogP contribution in [0.25, 0.3) is 0 Å². The molecule has 3 heterocycles. The van der Waals surface area contributed by atoms with E-state index in [1.807, 2.05) is 0 Å². The SMILES string of the molecule is O=C(C1CCCOC1)N1CCCC1C1CCCN1Cc1ccccc1. The van der Waals surface area contributed by atoms with Gasteiger partial charge >= 0.3 is 0 Å². The largest absolute Gasteiger partial charge is 0.381 e. The van der Waals surface area contributed by atoms with Gasteiger partial charge in [0.25, 0.3) is 0 Å². The second-order valence-corrected chi connectivity index (χ2v) is 7.82. The molecule has 4 heteroatoms. The third-order valence-corrected chi connectivity index (χ3v) is 6.18. The Hall–Kier alpha value is -1.39. The highest BCUT2D eigenvalue weighted by Crippen LogP contribution is 2.32. The standard InChI is InChI=1S/C21H30N2O2/c24-21(18-9-6-14-25-16-18)23-13-5-11-20(23)19-10-4-12-22(19)15-17-7-2-1-3-8-17/h1-3,7-8,18-20H,4-6,9-16H2. The highest BCUT2D eigenvalue weighted by atomic mass is 16.5. The molecule has 3 aliphatic rings. The average Bonchev–Trinajstić information content (AvgIpc) is 3.31. The molecule has 1 aromatic carbocycles. The van der Waals surface area contributed by atoms with E-state index in [9.17, 15) is 4.79 Å². The molecule has 0 bridgehead atoms. The topological polar surface area (TPSA) is 32.8 Å². The fourth-order valence-electron chi connectivity index (χ4n) is 4.94. The van der Waals surface area contributed by atoms with Crippen LogP contribution in [0.5, 0.6) is 0 Å². The Morgan fingerprint density at radius 1 is 1.00 bits per heavy atom. The molecule has 136 valence electrons. The van der Waals surface area contributed by atoms with Gasteiger partial charge in [-0.15, -0.1) is 0 Å². The van der Waals surface area contributed by atoms with Crippen molar-refractivity contribution >= 4 is 5.91 Å². The monoisotopic (exact) mass is 342 g/mol. The van der Waals surface area contributed by atoms with E-state index in [-0.39, 0.29) is 5.92 Å². The minimum atomic E-state index is 0.0957. The maximum atomic E-state index is 13.1. The summed E-state index contributed by atoms with van der Waals surface area (Å²) in [7, 11) is 0. The molecule has 3 aliphatic heterocycles. The van der Waals surface area contributed by atoms with Gasteiger partial charge in [0.15, 0.2) is 0 Å². The second-order valence-electron chi connectivity index (χ2n) is 7.82. The van der Waals surface area contributed by atoms with Gasteiger partial charge in [-0.1, -0.05) is 30.3 Å². The smallest absolute Gasteiger partial charge is 0.228 e. The summed E-state index contributed by atoms with van der Waals surface area (Å²) in [5.41, 5.74) is 1.38. The van der Waals surface area contributed by atoms with E-state index in [1.54, 1.807) is 0 Å². The van der Waals surface area contributed by atoms with Crippen LogP contribution < -0.4 is 0 Å². The van der Waals surface area contributed by atoms with Gasteiger partial charge in [-0.05, 0) is 50.6 Å². The maximum Gasteiger partial charge on any atom is 0.228 e. The van der Waals surface area contributed by atoms with Crippen molar-refractivity contribution in [2.45, 2.75) is 57.2 Å².